The fraction of sp³-hybridized carbons (Fsp3) is 0.917. The Morgan fingerprint density at radius 3 is 2.40 bits per heavy atom. The van der Waals surface area contributed by atoms with E-state index in [2.05, 4.69) is 18.7 Å². The van der Waals surface area contributed by atoms with Gasteiger partial charge in [0.2, 0.25) is 0 Å². The fourth-order valence-corrected chi connectivity index (χ4v) is 2.63. The second-order valence-electron chi connectivity index (χ2n) is 4.43. The average molecular weight is 213 g/mol. The first-order valence-electron chi connectivity index (χ1n) is 6.15. The van der Waals surface area contributed by atoms with Crippen LogP contribution in [0.4, 0.5) is 0 Å². The van der Waals surface area contributed by atoms with Gasteiger partial charge in [0.1, 0.15) is 0 Å². The Labute approximate surface area is 92.5 Å². The lowest BCUT2D eigenvalue weighted by atomic mass is 9.97. The Bertz CT molecular complexity index is 202. The zero-order valence-corrected chi connectivity index (χ0v) is 9.91. The van der Waals surface area contributed by atoms with Gasteiger partial charge in [0.05, 0.1) is 5.92 Å². The van der Waals surface area contributed by atoms with Gasteiger partial charge in [0.25, 0.3) is 0 Å². The van der Waals surface area contributed by atoms with Crippen LogP contribution in [-0.4, -0.2) is 35.1 Å². The molecule has 1 N–H and O–H groups in total. The Balaban J connectivity index is 2.59. The maximum absolute atomic E-state index is 11.0. The Hall–Kier alpha value is -0.570. The molecule has 0 spiro atoms. The summed E-state index contributed by atoms with van der Waals surface area (Å²) in [5.74, 6) is -0.716. The molecule has 15 heavy (non-hydrogen) atoms. The first-order valence-corrected chi connectivity index (χ1v) is 6.15. The SMILES string of the molecule is CCN(CC)C1CCCCC(C(=O)O)C1. The second-order valence-corrected chi connectivity index (χ2v) is 4.43. The minimum atomic E-state index is -0.603. The van der Waals surface area contributed by atoms with E-state index in [0.717, 1.165) is 32.4 Å². The van der Waals surface area contributed by atoms with Gasteiger partial charge in [0, 0.05) is 6.04 Å². The number of carboxylic acids is 1. The first-order chi connectivity index (χ1) is 7.19. The third-order valence-electron chi connectivity index (χ3n) is 3.57. The van der Waals surface area contributed by atoms with Crippen LogP contribution in [0.25, 0.3) is 0 Å². The normalized spacial score (nSPS) is 27.7. The highest BCUT2D eigenvalue weighted by Gasteiger charge is 2.27. The lowest BCUT2D eigenvalue weighted by Gasteiger charge is -2.29. The molecule has 0 aromatic rings. The second kappa shape index (κ2) is 6.11. The molecule has 2 unspecified atom stereocenters. The maximum Gasteiger partial charge on any atom is 0.306 e. The smallest absolute Gasteiger partial charge is 0.306 e. The molecule has 1 saturated carbocycles. The summed E-state index contributed by atoms with van der Waals surface area (Å²) in [6.45, 7) is 6.38. The maximum atomic E-state index is 11.0. The minimum absolute atomic E-state index is 0.113. The third kappa shape index (κ3) is 3.49. The van der Waals surface area contributed by atoms with Gasteiger partial charge in [-0.3, -0.25) is 4.79 Å². The quantitative estimate of drug-likeness (QED) is 0.729. The third-order valence-corrected chi connectivity index (χ3v) is 3.57. The van der Waals surface area contributed by atoms with E-state index < -0.39 is 5.97 Å². The number of nitrogens with zero attached hydrogens (tertiary/aromatic N) is 1. The summed E-state index contributed by atoms with van der Waals surface area (Å²) < 4.78 is 0. The average Bonchev–Trinajstić information content (AvgIpc) is 2.45. The number of rotatable bonds is 4. The molecule has 2 atom stereocenters. The predicted octanol–water partition coefficient (Wildman–Crippen LogP) is 2.36. The molecule has 0 saturated heterocycles. The van der Waals surface area contributed by atoms with Crippen LogP contribution >= 0.6 is 0 Å². The van der Waals surface area contributed by atoms with Gasteiger partial charge in [-0.1, -0.05) is 26.7 Å². The number of hydrogen-bond acceptors (Lipinski definition) is 2. The highest BCUT2D eigenvalue weighted by Crippen LogP contribution is 2.26. The molecule has 1 aliphatic carbocycles. The van der Waals surface area contributed by atoms with Gasteiger partial charge in [-0.05, 0) is 32.4 Å². The molecular weight excluding hydrogens is 190 g/mol. The topological polar surface area (TPSA) is 40.5 Å². The Kier molecular flexibility index (Phi) is 5.09. The van der Waals surface area contributed by atoms with E-state index in [1.807, 2.05) is 0 Å². The lowest BCUT2D eigenvalue weighted by Crippen LogP contribution is -2.36. The standard InChI is InChI=1S/C12H23NO2/c1-3-13(4-2)11-8-6-5-7-10(9-11)12(14)15/h10-11H,3-9H2,1-2H3,(H,14,15). The Morgan fingerprint density at radius 1 is 1.27 bits per heavy atom. The fourth-order valence-electron chi connectivity index (χ4n) is 2.63. The van der Waals surface area contributed by atoms with Gasteiger partial charge < -0.3 is 10.0 Å². The van der Waals surface area contributed by atoms with E-state index in [1.54, 1.807) is 0 Å². The molecule has 1 fully saturated rings. The number of carboxylic acid groups (broad SMARTS) is 1. The van der Waals surface area contributed by atoms with Crippen LogP contribution in [0.3, 0.4) is 0 Å². The van der Waals surface area contributed by atoms with Crippen molar-refractivity contribution >= 4 is 5.97 Å². The summed E-state index contributed by atoms with van der Waals surface area (Å²) in [6, 6.07) is 0.489. The van der Waals surface area contributed by atoms with Crippen molar-refractivity contribution in [1.29, 1.82) is 0 Å². The highest BCUT2D eigenvalue weighted by atomic mass is 16.4. The molecule has 3 heteroatoms. The summed E-state index contributed by atoms with van der Waals surface area (Å²) in [6.07, 6.45) is 5.15. The summed E-state index contributed by atoms with van der Waals surface area (Å²) in [4.78, 5) is 13.4. The van der Waals surface area contributed by atoms with Crippen LogP contribution in [0.5, 0.6) is 0 Å². The zero-order chi connectivity index (χ0) is 11.3. The van der Waals surface area contributed by atoms with Crippen molar-refractivity contribution in [3.63, 3.8) is 0 Å². The molecule has 0 amide bonds. The lowest BCUT2D eigenvalue weighted by molar-refractivity contribution is -0.142. The van der Waals surface area contributed by atoms with Crippen molar-refractivity contribution in [3.05, 3.63) is 0 Å². The molecule has 0 aromatic carbocycles. The Morgan fingerprint density at radius 2 is 1.87 bits per heavy atom. The van der Waals surface area contributed by atoms with Crippen LogP contribution in [-0.2, 0) is 4.79 Å². The van der Waals surface area contributed by atoms with E-state index in [0.29, 0.717) is 6.04 Å². The van der Waals surface area contributed by atoms with E-state index in [1.165, 1.54) is 12.8 Å². The molecule has 0 aromatic heterocycles. The molecule has 0 bridgehead atoms. The van der Waals surface area contributed by atoms with Crippen LogP contribution < -0.4 is 0 Å². The van der Waals surface area contributed by atoms with E-state index >= 15 is 0 Å². The van der Waals surface area contributed by atoms with Crippen molar-refractivity contribution in [1.82, 2.24) is 4.90 Å². The van der Waals surface area contributed by atoms with Crippen LogP contribution in [0.2, 0.25) is 0 Å². The largest absolute Gasteiger partial charge is 0.481 e. The zero-order valence-electron chi connectivity index (χ0n) is 9.91. The van der Waals surface area contributed by atoms with Gasteiger partial charge in [-0.25, -0.2) is 0 Å². The number of hydrogen-bond donors (Lipinski definition) is 1. The summed E-state index contributed by atoms with van der Waals surface area (Å²) in [7, 11) is 0. The van der Waals surface area contributed by atoms with Gasteiger partial charge in [-0.15, -0.1) is 0 Å². The summed E-state index contributed by atoms with van der Waals surface area (Å²) in [5.41, 5.74) is 0. The van der Waals surface area contributed by atoms with Crippen molar-refractivity contribution in [2.45, 2.75) is 52.0 Å². The summed E-state index contributed by atoms with van der Waals surface area (Å²) >= 11 is 0. The highest BCUT2D eigenvalue weighted by molar-refractivity contribution is 5.70. The number of carbonyl (C=O) groups is 1. The predicted molar refractivity (Wildman–Crippen MR) is 60.9 cm³/mol. The van der Waals surface area contributed by atoms with Crippen molar-refractivity contribution in [3.8, 4) is 0 Å². The van der Waals surface area contributed by atoms with Crippen molar-refractivity contribution in [2.75, 3.05) is 13.1 Å². The monoisotopic (exact) mass is 213 g/mol. The molecule has 1 aliphatic rings. The molecular formula is C12H23NO2. The molecule has 0 radical (unpaired) electrons. The molecule has 3 nitrogen and oxygen atoms in total. The van der Waals surface area contributed by atoms with Crippen molar-refractivity contribution in [2.24, 2.45) is 5.92 Å². The van der Waals surface area contributed by atoms with Gasteiger partial charge >= 0.3 is 5.97 Å². The minimum Gasteiger partial charge on any atom is -0.481 e. The van der Waals surface area contributed by atoms with Gasteiger partial charge in [0.15, 0.2) is 0 Å². The van der Waals surface area contributed by atoms with E-state index in [9.17, 15) is 4.79 Å². The van der Waals surface area contributed by atoms with Crippen LogP contribution in [0.15, 0.2) is 0 Å². The number of aliphatic carboxylic acids is 1. The molecule has 0 heterocycles. The van der Waals surface area contributed by atoms with Crippen LogP contribution in [0.1, 0.15) is 46.0 Å². The molecule has 1 rings (SSSR count). The van der Waals surface area contributed by atoms with Gasteiger partial charge in [-0.2, -0.15) is 0 Å². The molecule has 88 valence electrons. The van der Waals surface area contributed by atoms with E-state index in [-0.39, 0.29) is 5.92 Å². The molecule has 0 aliphatic heterocycles. The van der Waals surface area contributed by atoms with Crippen molar-refractivity contribution < 1.29 is 9.90 Å². The van der Waals surface area contributed by atoms with Crippen LogP contribution in [0, 0.1) is 5.92 Å². The van der Waals surface area contributed by atoms with E-state index in [4.69, 9.17) is 5.11 Å². The summed E-state index contributed by atoms with van der Waals surface area (Å²) in [5, 5.41) is 9.09. The first kappa shape index (κ1) is 12.5.